The normalized spacial score (nSPS) is 25.4. The monoisotopic (exact) mass is 252 g/mol. The summed E-state index contributed by atoms with van der Waals surface area (Å²) in [5, 5.41) is 2.28. The fraction of sp³-hybridized carbons (Fsp3) is 0.769. The number of nitrogens with one attached hydrogen (secondary N) is 1. The number of amides is 4. The molecule has 2 aliphatic rings. The van der Waals surface area contributed by atoms with Crippen LogP contribution in [0.15, 0.2) is 0 Å². The summed E-state index contributed by atoms with van der Waals surface area (Å²) in [6, 6.07) is -0.554. The zero-order valence-electron chi connectivity index (χ0n) is 10.9. The molecule has 5 heteroatoms. The first kappa shape index (κ1) is 13.1. The zero-order valence-corrected chi connectivity index (χ0v) is 10.9. The smallest absolute Gasteiger partial charge is 0.277 e. The standard InChI is InChI=1S/C13H20N2O3/c1-8(2)10-11(16)14-13(18)15(12(10)17)7-6-9-4-3-5-9/h8-10H,3-7H2,1-2H3,(H,14,16,18). The van der Waals surface area contributed by atoms with Gasteiger partial charge in [-0.3, -0.25) is 19.8 Å². The van der Waals surface area contributed by atoms with Crippen molar-refractivity contribution in [3.05, 3.63) is 0 Å². The Morgan fingerprint density at radius 1 is 1.28 bits per heavy atom. The maximum absolute atomic E-state index is 12.2. The third kappa shape index (κ3) is 2.40. The predicted octanol–water partition coefficient (Wildman–Crippen LogP) is 1.53. The third-order valence-electron chi connectivity index (χ3n) is 3.94. The van der Waals surface area contributed by atoms with E-state index >= 15 is 0 Å². The Kier molecular flexibility index (Phi) is 3.68. The van der Waals surface area contributed by atoms with Crippen LogP contribution in [0, 0.1) is 17.8 Å². The van der Waals surface area contributed by atoms with Gasteiger partial charge in [-0.2, -0.15) is 0 Å². The summed E-state index contributed by atoms with van der Waals surface area (Å²) in [6.07, 6.45) is 4.49. The largest absolute Gasteiger partial charge is 0.330 e. The molecule has 1 aliphatic heterocycles. The van der Waals surface area contributed by atoms with Crippen molar-refractivity contribution in [1.29, 1.82) is 0 Å². The Bertz CT molecular complexity index is 374. The van der Waals surface area contributed by atoms with Crippen molar-refractivity contribution in [2.24, 2.45) is 17.8 Å². The van der Waals surface area contributed by atoms with Crippen LogP contribution in [0.5, 0.6) is 0 Å². The Morgan fingerprint density at radius 3 is 2.44 bits per heavy atom. The summed E-state index contributed by atoms with van der Waals surface area (Å²) >= 11 is 0. The topological polar surface area (TPSA) is 66.5 Å². The first-order valence-corrected chi connectivity index (χ1v) is 6.67. The molecule has 2 rings (SSSR count). The van der Waals surface area contributed by atoms with Gasteiger partial charge in [0.25, 0.3) is 0 Å². The molecule has 1 atom stereocenters. The fourth-order valence-corrected chi connectivity index (χ4v) is 2.52. The van der Waals surface area contributed by atoms with Crippen LogP contribution in [0.1, 0.15) is 39.5 Å². The lowest BCUT2D eigenvalue weighted by Gasteiger charge is -2.34. The Balaban J connectivity index is 2.00. The van der Waals surface area contributed by atoms with E-state index in [0.29, 0.717) is 12.5 Å². The van der Waals surface area contributed by atoms with E-state index in [1.165, 1.54) is 24.2 Å². The molecule has 0 aromatic heterocycles. The lowest BCUT2D eigenvalue weighted by Crippen LogP contribution is -2.59. The van der Waals surface area contributed by atoms with Crippen LogP contribution in [-0.4, -0.2) is 29.3 Å². The summed E-state index contributed by atoms with van der Waals surface area (Å²) in [6.45, 7) is 4.08. The van der Waals surface area contributed by atoms with Gasteiger partial charge >= 0.3 is 6.03 Å². The van der Waals surface area contributed by atoms with Gasteiger partial charge in [-0.05, 0) is 18.3 Å². The van der Waals surface area contributed by atoms with E-state index in [-0.39, 0.29) is 11.8 Å². The first-order chi connectivity index (χ1) is 8.50. The van der Waals surface area contributed by atoms with E-state index in [1.807, 2.05) is 13.8 Å². The highest BCUT2D eigenvalue weighted by Gasteiger charge is 2.41. The quantitative estimate of drug-likeness (QED) is 0.771. The third-order valence-corrected chi connectivity index (χ3v) is 3.94. The number of carbonyl (C=O) groups excluding carboxylic acids is 3. The molecule has 0 bridgehead atoms. The Hall–Kier alpha value is -1.39. The summed E-state index contributed by atoms with van der Waals surface area (Å²) < 4.78 is 0. The van der Waals surface area contributed by atoms with Crippen molar-refractivity contribution < 1.29 is 14.4 Å². The van der Waals surface area contributed by atoms with E-state index in [1.54, 1.807) is 0 Å². The molecule has 1 heterocycles. The minimum atomic E-state index is -0.718. The average molecular weight is 252 g/mol. The van der Waals surface area contributed by atoms with Gasteiger partial charge < -0.3 is 0 Å². The molecule has 0 aromatic rings. The molecule has 1 aliphatic carbocycles. The highest BCUT2D eigenvalue weighted by Crippen LogP contribution is 2.30. The molecule has 18 heavy (non-hydrogen) atoms. The SMILES string of the molecule is CC(C)C1C(=O)NC(=O)N(CCC2CCC2)C1=O. The Morgan fingerprint density at radius 2 is 1.94 bits per heavy atom. The number of urea groups is 1. The minimum Gasteiger partial charge on any atom is -0.277 e. The maximum atomic E-state index is 12.2. The minimum absolute atomic E-state index is 0.0863. The molecular weight excluding hydrogens is 232 g/mol. The van der Waals surface area contributed by atoms with Crippen molar-refractivity contribution in [2.75, 3.05) is 6.54 Å². The van der Waals surface area contributed by atoms with Gasteiger partial charge in [0.05, 0.1) is 0 Å². The number of rotatable bonds is 4. The van der Waals surface area contributed by atoms with Crippen LogP contribution in [-0.2, 0) is 9.59 Å². The van der Waals surface area contributed by atoms with Crippen molar-refractivity contribution in [3.63, 3.8) is 0 Å². The van der Waals surface area contributed by atoms with Gasteiger partial charge in [0.15, 0.2) is 0 Å². The van der Waals surface area contributed by atoms with E-state index in [2.05, 4.69) is 5.32 Å². The van der Waals surface area contributed by atoms with Crippen LogP contribution >= 0.6 is 0 Å². The van der Waals surface area contributed by atoms with Gasteiger partial charge in [-0.1, -0.05) is 33.1 Å². The molecule has 4 amide bonds. The Labute approximate surface area is 107 Å². The van der Waals surface area contributed by atoms with E-state index < -0.39 is 17.9 Å². The zero-order chi connectivity index (χ0) is 13.3. The first-order valence-electron chi connectivity index (χ1n) is 6.67. The van der Waals surface area contributed by atoms with Crippen molar-refractivity contribution >= 4 is 17.8 Å². The van der Waals surface area contributed by atoms with Gasteiger partial charge in [-0.15, -0.1) is 0 Å². The number of carbonyl (C=O) groups is 3. The van der Waals surface area contributed by atoms with Crippen LogP contribution in [0.3, 0.4) is 0 Å². The summed E-state index contributed by atoms with van der Waals surface area (Å²) in [4.78, 5) is 36.7. The van der Waals surface area contributed by atoms with Crippen molar-refractivity contribution in [2.45, 2.75) is 39.5 Å². The number of imide groups is 2. The molecule has 100 valence electrons. The fourth-order valence-electron chi connectivity index (χ4n) is 2.52. The number of barbiturate groups is 1. The molecular formula is C13H20N2O3. The highest BCUT2D eigenvalue weighted by molar-refractivity contribution is 6.16. The van der Waals surface area contributed by atoms with Crippen LogP contribution in [0.25, 0.3) is 0 Å². The predicted molar refractivity (Wildman–Crippen MR) is 65.5 cm³/mol. The number of nitrogens with zero attached hydrogens (tertiary/aromatic N) is 1. The number of hydrogen-bond donors (Lipinski definition) is 1. The molecule has 1 saturated carbocycles. The summed E-state index contributed by atoms with van der Waals surface area (Å²) in [5.74, 6) is -0.959. The highest BCUT2D eigenvalue weighted by atomic mass is 16.2. The van der Waals surface area contributed by atoms with Crippen LogP contribution in [0.4, 0.5) is 4.79 Å². The number of hydrogen-bond acceptors (Lipinski definition) is 3. The van der Waals surface area contributed by atoms with Gasteiger partial charge in [0.1, 0.15) is 5.92 Å². The molecule has 2 fully saturated rings. The van der Waals surface area contributed by atoms with Crippen molar-refractivity contribution in [1.82, 2.24) is 10.2 Å². The van der Waals surface area contributed by atoms with Gasteiger partial charge in [0.2, 0.25) is 11.8 Å². The van der Waals surface area contributed by atoms with Crippen LogP contribution < -0.4 is 5.32 Å². The molecule has 1 N–H and O–H groups in total. The average Bonchev–Trinajstić information content (AvgIpc) is 2.18. The molecule has 0 radical (unpaired) electrons. The molecule has 0 spiro atoms. The second-order valence-corrected chi connectivity index (χ2v) is 5.59. The summed E-state index contributed by atoms with van der Waals surface area (Å²) in [7, 11) is 0. The molecule has 0 aromatic carbocycles. The van der Waals surface area contributed by atoms with Gasteiger partial charge in [0, 0.05) is 6.54 Å². The summed E-state index contributed by atoms with van der Waals surface area (Å²) in [5.41, 5.74) is 0. The maximum Gasteiger partial charge on any atom is 0.330 e. The lowest BCUT2D eigenvalue weighted by atomic mass is 9.82. The molecule has 1 saturated heterocycles. The van der Waals surface area contributed by atoms with Crippen molar-refractivity contribution in [3.8, 4) is 0 Å². The molecule has 1 unspecified atom stereocenters. The second kappa shape index (κ2) is 5.08. The lowest BCUT2D eigenvalue weighted by molar-refractivity contribution is -0.144. The van der Waals surface area contributed by atoms with Crippen LogP contribution in [0.2, 0.25) is 0 Å². The van der Waals surface area contributed by atoms with E-state index in [0.717, 1.165) is 6.42 Å². The van der Waals surface area contributed by atoms with Gasteiger partial charge in [-0.25, -0.2) is 4.79 Å². The molecule has 5 nitrogen and oxygen atoms in total. The second-order valence-electron chi connectivity index (χ2n) is 5.59. The van der Waals surface area contributed by atoms with E-state index in [4.69, 9.17) is 0 Å². The van der Waals surface area contributed by atoms with E-state index in [9.17, 15) is 14.4 Å².